The predicted octanol–water partition coefficient (Wildman–Crippen LogP) is 2.07. The minimum absolute atomic E-state index is 0.00864. The Hall–Kier alpha value is -2.04. The number of nitrogens with zero attached hydrogens (tertiary/aromatic N) is 2. The first-order valence-corrected chi connectivity index (χ1v) is 11.9. The van der Waals surface area contributed by atoms with Crippen LogP contribution in [0.4, 0.5) is 10.1 Å². The maximum absolute atomic E-state index is 14.4. The molecule has 2 fully saturated rings. The van der Waals surface area contributed by atoms with E-state index in [-0.39, 0.29) is 43.8 Å². The monoisotopic (exact) mass is 455 g/mol. The van der Waals surface area contributed by atoms with Crippen LogP contribution in [0.5, 0.6) is 0 Å². The molecule has 0 radical (unpaired) electrons. The minimum atomic E-state index is -4.04. The molecule has 10 heteroatoms. The van der Waals surface area contributed by atoms with Crippen LogP contribution in [0.3, 0.4) is 0 Å². The van der Waals surface area contributed by atoms with E-state index in [4.69, 9.17) is 4.74 Å². The van der Waals surface area contributed by atoms with Crippen LogP contribution in [-0.4, -0.2) is 68.8 Å². The second-order valence-electron chi connectivity index (χ2n) is 8.99. The van der Waals surface area contributed by atoms with Crippen LogP contribution in [0.2, 0.25) is 0 Å². The van der Waals surface area contributed by atoms with Crippen LogP contribution >= 0.6 is 0 Å². The Labute approximate surface area is 182 Å². The van der Waals surface area contributed by atoms with Crippen LogP contribution in [-0.2, 0) is 24.3 Å². The molecule has 2 aliphatic heterocycles. The summed E-state index contributed by atoms with van der Waals surface area (Å²) < 4.78 is 46.4. The van der Waals surface area contributed by atoms with Gasteiger partial charge in [-0.2, -0.15) is 4.31 Å². The lowest BCUT2D eigenvalue weighted by Crippen LogP contribution is -2.47. The summed E-state index contributed by atoms with van der Waals surface area (Å²) in [6.45, 7) is 7.25. The number of halogens is 1. The second-order valence-corrected chi connectivity index (χ2v) is 10.9. The van der Waals surface area contributed by atoms with Crippen molar-refractivity contribution in [3.05, 3.63) is 24.0 Å². The van der Waals surface area contributed by atoms with Crippen molar-refractivity contribution in [2.24, 2.45) is 11.3 Å². The van der Waals surface area contributed by atoms with E-state index in [0.717, 1.165) is 12.1 Å². The van der Waals surface area contributed by atoms with Gasteiger partial charge in [-0.1, -0.05) is 20.8 Å². The van der Waals surface area contributed by atoms with Gasteiger partial charge in [-0.3, -0.25) is 9.59 Å². The number of nitrogens with one attached hydrogen (secondary N) is 1. The number of likely N-dealkylation sites (tertiary alicyclic amines) is 1. The van der Waals surface area contributed by atoms with Crippen LogP contribution in [0.1, 0.15) is 33.6 Å². The Morgan fingerprint density at radius 3 is 2.48 bits per heavy atom. The Morgan fingerprint density at radius 2 is 1.84 bits per heavy atom. The summed E-state index contributed by atoms with van der Waals surface area (Å²) >= 11 is 0. The van der Waals surface area contributed by atoms with Crippen molar-refractivity contribution < 1.29 is 27.1 Å². The highest BCUT2D eigenvalue weighted by atomic mass is 32.2. The summed E-state index contributed by atoms with van der Waals surface area (Å²) in [4.78, 5) is 26.6. The van der Waals surface area contributed by atoms with E-state index in [1.807, 2.05) is 20.8 Å². The zero-order chi connectivity index (χ0) is 22.8. The first-order chi connectivity index (χ1) is 14.5. The van der Waals surface area contributed by atoms with E-state index in [9.17, 15) is 22.4 Å². The van der Waals surface area contributed by atoms with Gasteiger partial charge in [0.25, 0.3) is 0 Å². The fourth-order valence-corrected chi connectivity index (χ4v) is 5.30. The molecule has 2 heterocycles. The molecule has 0 aliphatic carbocycles. The highest BCUT2D eigenvalue weighted by Crippen LogP contribution is 2.27. The molecular formula is C21H30FN3O5S. The minimum Gasteiger partial charge on any atom is -0.379 e. The summed E-state index contributed by atoms with van der Waals surface area (Å²) in [6, 6.07) is 3.53. The van der Waals surface area contributed by atoms with Gasteiger partial charge in [0.1, 0.15) is 10.7 Å². The number of carbonyl (C=O) groups excluding carboxylic acids is 2. The normalized spacial score (nSPS) is 21.0. The number of amides is 2. The average Bonchev–Trinajstić information content (AvgIpc) is 2.74. The summed E-state index contributed by atoms with van der Waals surface area (Å²) in [5, 5.41) is 2.70. The fourth-order valence-electron chi connectivity index (χ4n) is 3.80. The lowest BCUT2D eigenvalue weighted by Gasteiger charge is -2.35. The van der Waals surface area contributed by atoms with Crippen LogP contribution in [0, 0.1) is 17.2 Å². The van der Waals surface area contributed by atoms with E-state index in [1.165, 1.54) is 10.4 Å². The first-order valence-electron chi connectivity index (χ1n) is 10.5. The molecule has 2 aliphatic rings. The molecule has 2 saturated heterocycles. The molecule has 3 rings (SSSR count). The summed E-state index contributed by atoms with van der Waals surface area (Å²) in [6.07, 6.45) is 1.33. The van der Waals surface area contributed by atoms with Gasteiger partial charge in [-0.25, -0.2) is 12.8 Å². The number of ether oxygens (including phenoxy) is 1. The molecule has 2 amide bonds. The third-order valence-corrected chi connectivity index (χ3v) is 7.42. The van der Waals surface area contributed by atoms with Gasteiger partial charge in [0.2, 0.25) is 21.8 Å². The van der Waals surface area contributed by atoms with Gasteiger partial charge in [0, 0.05) is 37.3 Å². The maximum atomic E-state index is 14.4. The smallest absolute Gasteiger partial charge is 0.246 e. The van der Waals surface area contributed by atoms with Crippen molar-refractivity contribution in [1.29, 1.82) is 0 Å². The third kappa shape index (κ3) is 5.42. The molecule has 1 aromatic carbocycles. The molecule has 0 aromatic heterocycles. The fraction of sp³-hybridized carbons (Fsp3) is 0.619. The van der Waals surface area contributed by atoms with Crippen molar-refractivity contribution in [1.82, 2.24) is 9.21 Å². The topological polar surface area (TPSA) is 96.0 Å². The number of anilines is 1. The van der Waals surface area contributed by atoms with Gasteiger partial charge in [-0.05, 0) is 31.0 Å². The zero-order valence-electron chi connectivity index (χ0n) is 18.2. The number of hydrogen-bond acceptors (Lipinski definition) is 5. The molecule has 31 heavy (non-hydrogen) atoms. The molecule has 0 bridgehead atoms. The quantitative estimate of drug-likeness (QED) is 0.750. The third-order valence-electron chi connectivity index (χ3n) is 5.51. The van der Waals surface area contributed by atoms with Crippen LogP contribution < -0.4 is 5.32 Å². The van der Waals surface area contributed by atoms with E-state index in [2.05, 4.69) is 5.32 Å². The van der Waals surface area contributed by atoms with Crippen molar-refractivity contribution in [2.75, 3.05) is 44.7 Å². The second kappa shape index (κ2) is 9.22. The van der Waals surface area contributed by atoms with E-state index >= 15 is 0 Å². The molecule has 172 valence electrons. The SMILES string of the molecule is CC(C)(C)C(=O)N1CCCC(C(=O)Nc2ccc(F)c(S(=O)(=O)N3CCOCC3)c2)C1. The number of sulfonamides is 1. The lowest BCUT2D eigenvalue weighted by molar-refractivity contribution is -0.142. The van der Waals surface area contributed by atoms with E-state index in [0.29, 0.717) is 25.9 Å². The predicted molar refractivity (Wildman–Crippen MR) is 113 cm³/mol. The van der Waals surface area contributed by atoms with Crippen molar-refractivity contribution in [3.8, 4) is 0 Å². The number of rotatable bonds is 4. The number of morpholine rings is 1. The summed E-state index contributed by atoms with van der Waals surface area (Å²) in [7, 11) is -4.04. The van der Waals surface area contributed by atoms with Gasteiger partial charge >= 0.3 is 0 Å². The Kier molecular flexibility index (Phi) is 7.02. The van der Waals surface area contributed by atoms with Gasteiger partial charge in [0.05, 0.1) is 19.1 Å². The van der Waals surface area contributed by atoms with Crippen molar-refractivity contribution in [3.63, 3.8) is 0 Å². The highest BCUT2D eigenvalue weighted by Gasteiger charge is 2.34. The van der Waals surface area contributed by atoms with Crippen molar-refractivity contribution in [2.45, 2.75) is 38.5 Å². The standard InChI is InChI=1S/C21H30FN3O5S/c1-21(2,3)20(27)24-8-4-5-15(14-24)19(26)23-16-6-7-17(22)18(13-16)31(28,29)25-9-11-30-12-10-25/h6-7,13,15H,4-5,8-12,14H2,1-3H3,(H,23,26). The molecule has 1 aromatic rings. The maximum Gasteiger partial charge on any atom is 0.246 e. The number of hydrogen-bond donors (Lipinski definition) is 1. The van der Waals surface area contributed by atoms with Gasteiger partial charge in [0.15, 0.2) is 0 Å². The summed E-state index contributed by atoms with van der Waals surface area (Å²) in [5.74, 6) is -1.60. The summed E-state index contributed by atoms with van der Waals surface area (Å²) in [5.41, 5.74) is -0.324. The number of carbonyl (C=O) groups is 2. The van der Waals surface area contributed by atoms with Crippen molar-refractivity contribution >= 4 is 27.5 Å². The van der Waals surface area contributed by atoms with Crippen LogP contribution in [0.25, 0.3) is 0 Å². The van der Waals surface area contributed by atoms with Crippen LogP contribution in [0.15, 0.2) is 23.1 Å². The molecule has 1 N–H and O–H groups in total. The first kappa shape index (κ1) is 23.6. The van der Waals surface area contributed by atoms with Gasteiger partial charge in [-0.15, -0.1) is 0 Å². The zero-order valence-corrected chi connectivity index (χ0v) is 19.0. The van der Waals surface area contributed by atoms with E-state index in [1.54, 1.807) is 4.90 Å². The molecule has 1 atom stereocenters. The number of benzene rings is 1. The Morgan fingerprint density at radius 1 is 1.16 bits per heavy atom. The Bertz CT molecular complexity index is 939. The molecule has 0 spiro atoms. The molecular weight excluding hydrogens is 425 g/mol. The molecule has 8 nitrogen and oxygen atoms in total. The lowest BCUT2D eigenvalue weighted by atomic mass is 9.91. The van der Waals surface area contributed by atoms with E-state index < -0.39 is 32.1 Å². The molecule has 1 unspecified atom stereocenters. The molecule has 0 saturated carbocycles. The Balaban J connectivity index is 1.73. The largest absolute Gasteiger partial charge is 0.379 e. The highest BCUT2D eigenvalue weighted by molar-refractivity contribution is 7.89. The number of piperidine rings is 1. The van der Waals surface area contributed by atoms with Gasteiger partial charge < -0.3 is 15.0 Å². The average molecular weight is 456 g/mol.